The number of anilines is 1. The van der Waals surface area contributed by atoms with Gasteiger partial charge in [-0.2, -0.15) is 0 Å². The van der Waals surface area contributed by atoms with E-state index in [1.54, 1.807) is 7.11 Å². The molecule has 2 aromatic rings. The first-order valence-corrected chi connectivity index (χ1v) is 10.7. The summed E-state index contributed by atoms with van der Waals surface area (Å²) in [6.45, 7) is 6.82. The molecular formula is C25H34N2O2. The normalized spacial score (nSPS) is 16.8. The average molecular weight is 395 g/mol. The van der Waals surface area contributed by atoms with Crippen molar-refractivity contribution in [3.05, 3.63) is 59.2 Å². The lowest BCUT2D eigenvalue weighted by Crippen LogP contribution is -2.47. The number of carbonyl (C=O) groups is 1. The molecule has 0 radical (unpaired) electrons. The van der Waals surface area contributed by atoms with Gasteiger partial charge in [0.2, 0.25) is 5.91 Å². The smallest absolute Gasteiger partial charge is 0.241 e. The highest BCUT2D eigenvalue weighted by Gasteiger charge is 2.34. The number of rotatable bonds is 7. The predicted octanol–water partition coefficient (Wildman–Crippen LogP) is 5.13. The quantitative estimate of drug-likeness (QED) is 0.684. The minimum absolute atomic E-state index is 0.0168. The third kappa shape index (κ3) is 4.99. The van der Waals surface area contributed by atoms with E-state index in [1.165, 1.54) is 24.8 Å². The van der Waals surface area contributed by atoms with Crippen LogP contribution in [0, 0.1) is 13.8 Å². The van der Waals surface area contributed by atoms with Crippen LogP contribution >= 0.6 is 0 Å². The monoisotopic (exact) mass is 394 g/mol. The van der Waals surface area contributed by atoms with Crippen LogP contribution in [0.3, 0.4) is 0 Å². The van der Waals surface area contributed by atoms with Gasteiger partial charge in [0.25, 0.3) is 0 Å². The maximum atomic E-state index is 12.8. The molecule has 0 aliphatic heterocycles. The van der Waals surface area contributed by atoms with Crippen LogP contribution in [-0.2, 0) is 10.2 Å². The number of nitrogens with one attached hydrogen (secondary N) is 2. The first-order chi connectivity index (χ1) is 13.9. The predicted molar refractivity (Wildman–Crippen MR) is 120 cm³/mol. The van der Waals surface area contributed by atoms with Crippen molar-refractivity contribution in [3.8, 4) is 5.75 Å². The Morgan fingerprint density at radius 3 is 2.24 bits per heavy atom. The van der Waals surface area contributed by atoms with Gasteiger partial charge in [-0.3, -0.25) is 4.79 Å². The molecule has 29 heavy (non-hydrogen) atoms. The van der Waals surface area contributed by atoms with Gasteiger partial charge in [0.1, 0.15) is 5.75 Å². The lowest BCUT2D eigenvalue weighted by Gasteiger charge is -2.39. The number of carbonyl (C=O) groups excluding carboxylic acids is 1. The molecule has 2 N–H and O–H groups in total. The van der Waals surface area contributed by atoms with E-state index in [2.05, 4.69) is 22.8 Å². The fourth-order valence-corrected chi connectivity index (χ4v) is 4.42. The molecule has 0 spiro atoms. The van der Waals surface area contributed by atoms with Crippen LogP contribution in [-0.4, -0.2) is 25.6 Å². The van der Waals surface area contributed by atoms with Crippen LogP contribution in [0.2, 0.25) is 0 Å². The molecule has 1 unspecified atom stereocenters. The van der Waals surface area contributed by atoms with Crippen molar-refractivity contribution in [2.24, 2.45) is 0 Å². The molecule has 0 heterocycles. The lowest BCUT2D eigenvalue weighted by atomic mass is 9.69. The summed E-state index contributed by atoms with van der Waals surface area (Å²) in [6.07, 6.45) is 6.06. The van der Waals surface area contributed by atoms with Crippen molar-refractivity contribution in [2.75, 3.05) is 19.0 Å². The number of para-hydroxylation sites is 1. The van der Waals surface area contributed by atoms with Gasteiger partial charge in [0.05, 0.1) is 13.2 Å². The Balaban J connectivity index is 1.69. The van der Waals surface area contributed by atoms with Gasteiger partial charge < -0.3 is 15.4 Å². The zero-order valence-electron chi connectivity index (χ0n) is 18.2. The number of ether oxygens (including phenoxy) is 1. The molecule has 4 heteroatoms. The SMILES string of the molecule is COc1ccc(C2(CNC(C)C(=O)Nc3c(C)cccc3C)CCCCC2)cc1. The van der Waals surface area contributed by atoms with Crippen LogP contribution in [0.1, 0.15) is 55.7 Å². The summed E-state index contributed by atoms with van der Waals surface area (Å²) >= 11 is 0. The number of methoxy groups -OCH3 is 1. The van der Waals surface area contributed by atoms with Crippen molar-refractivity contribution in [3.63, 3.8) is 0 Å². The van der Waals surface area contributed by atoms with Crippen molar-refractivity contribution >= 4 is 11.6 Å². The molecule has 1 saturated carbocycles. The van der Waals surface area contributed by atoms with Crippen molar-refractivity contribution in [1.29, 1.82) is 0 Å². The number of benzene rings is 2. The Kier molecular flexibility index (Phi) is 6.96. The largest absolute Gasteiger partial charge is 0.497 e. The summed E-state index contributed by atoms with van der Waals surface area (Å²) < 4.78 is 5.33. The Morgan fingerprint density at radius 2 is 1.66 bits per heavy atom. The van der Waals surface area contributed by atoms with Gasteiger partial charge in [-0.1, -0.05) is 49.6 Å². The van der Waals surface area contributed by atoms with E-state index in [1.807, 2.05) is 51.1 Å². The van der Waals surface area contributed by atoms with E-state index in [0.717, 1.165) is 42.0 Å². The van der Waals surface area contributed by atoms with Crippen LogP contribution in [0.25, 0.3) is 0 Å². The second-order valence-electron chi connectivity index (χ2n) is 8.43. The topological polar surface area (TPSA) is 50.4 Å². The van der Waals surface area contributed by atoms with E-state index >= 15 is 0 Å². The summed E-state index contributed by atoms with van der Waals surface area (Å²) in [5, 5.41) is 6.65. The summed E-state index contributed by atoms with van der Waals surface area (Å²) in [4.78, 5) is 12.8. The zero-order chi connectivity index (χ0) is 20.9. The Morgan fingerprint density at radius 1 is 1.03 bits per heavy atom. The van der Waals surface area contributed by atoms with E-state index in [4.69, 9.17) is 4.74 Å². The highest BCUT2D eigenvalue weighted by atomic mass is 16.5. The molecule has 1 atom stereocenters. The minimum Gasteiger partial charge on any atom is -0.497 e. The van der Waals surface area contributed by atoms with Crippen molar-refractivity contribution < 1.29 is 9.53 Å². The molecule has 1 aliphatic carbocycles. The molecule has 2 aromatic carbocycles. The Labute approximate surface area is 175 Å². The first-order valence-electron chi connectivity index (χ1n) is 10.7. The van der Waals surface area contributed by atoms with Gasteiger partial charge in [0.15, 0.2) is 0 Å². The highest BCUT2D eigenvalue weighted by Crippen LogP contribution is 2.39. The number of amides is 1. The summed E-state index contributed by atoms with van der Waals surface area (Å²) in [6, 6.07) is 14.3. The van der Waals surface area contributed by atoms with Gasteiger partial charge in [-0.05, 0) is 62.4 Å². The summed E-state index contributed by atoms with van der Waals surface area (Å²) in [7, 11) is 1.70. The average Bonchev–Trinajstić information content (AvgIpc) is 2.75. The first kappa shape index (κ1) is 21.4. The van der Waals surface area contributed by atoms with Gasteiger partial charge in [0, 0.05) is 17.6 Å². The number of aryl methyl sites for hydroxylation is 2. The minimum atomic E-state index is -0.258. The highest BCUT2D eigenvalue weighted by molar-refractivity contribution is 5.95. The summed E-state index contributed by atoms with van der Waals surface area (Å²) in [5.41, 5.74) is 4.53. The molecule has 1 aliphatic rings. The molecule has 1 amide bonds. The van der Waals surface area contributed by atoms with Crippen LogP contribution in [0.5, 0.6) is 5.75 Å². The second-order valence-corrected chi connectivity index (χ2v) is 8.43. The molecule has 156 valence electrons. The Hall–Kier alpha value is -2.33. The maximum absolute atomic E-state index is 12.8. The second kappa shape index (κ2) is 9.45. The van der Waals surface area contributed by atoms with E-state index < -0.39 is 0 Å². The van der Waals surface area contributed by atoms with Crippen molar-refractivity contribution in [2.45, 2.75) is 64.3 Å². The van der Waals surface area contributed by atoms with Crippen molar-refractivity contribution in [1.82, 2.24) is 5.32 Å². The van der Waals surface area contributed by atoms with Gasteiger partial charge in [-0.25, -0.2) is 0 Å². The molecular weight excluding hydrogens is 360 g/mol. The molecule has 1 fully saturated rings. The van der Waals surface area contributed by atoms with E-state index in [9.17, 15) is 4.79 Å². The molecule has 0 bridgehead atoms. The number of hydrogen-bond acceptors (Lipinski definition) is 3. The fraction of sp³-hybridized carbons (Fsp3) is 0.480. The van der Waals surface area contributed by atoms with Gasteiger partial charge in [-0.15, -0.1) is 0 Å². The van der Waals surface area contributed by atoms with E-state index in [0.29, 0.717) is 0 Å². The van der Waals surface area contributed by atoms with Crippen LogP contribution in [0.15, 0.2) is 42.5 Å². The van der Waals surface area contributed by atoms with E-state index in [-0.39, 0.29) is 17.4 Å². The standard InChI is InChI=1S/C25H34N2O2/c1-18-9-8-10-19(2)23(18)27-24(28)20(3)26-17-25(15-6-5-7-16-25)21-11-13-22(29-4)14-12-21/h8-14,20,26H,5-7,15-17H2,1-4H3,(H,27,28). The third-order valence-corrected chi connectivity index (χ3v) is 6.38. The molecule has 4 nitrogen and oxygen atoms in total. The zero-order valence-corrected chi connectivity index (χ0v) is 18.2. The summed E-state index contributed by atoms with van der Waals surface area (Å²) in [5.74, 6) is 0.900. The maximum Gasteiger partial charge on any atom is 0.241 e. The van der Waals surface area contributed by atoms with Crippen LogP contribution < -0.4 is 15.4 Å². The molecule has 0 saturated heterocycles. The fourth-order valence-electron chi connectivity index (χ4n) is 4.42. The Bertz CT molecular complexity index is 803. The van der Waals surface area contributed by atoms with Crippen LogP contribution in [0.4, 0.5) is 5.69 Å². The molecule has 3 rings (SSSR count). The molecule has 0 aromatic heterocycles. The third-order valence-electron chi connectivity index (χ3n) is 6.38. The lowest BCUT2D eigenvalue weighted by molar-refractivity contribution is -0.117. The number of hydrogen-bond donors (Lipinski definition) is 2. The van der Waals surface area contributed by atoms with Gasteiger partial charge >= 0.3 is 0 Å².